The molecule has 170 valence electrons. The summed E-state index contributed by atoms with van der Waals surface area (Å²) in [5, 5.41) is 0. The first-order valence-electron chi connectivity index (χ1n) is 8.84. The summed E-state index contributed by atoms with van der Waals surface area (Å²) >= 11 is 0. The molecule has 0 bridgehead atoms. The molecule has 0 amide bonds. The van der Waals surface area contributed by atoms with E-state index < -0.39 is 30.0 Å². The highest BCUT2D eigenvalue weighted by atomic mass is 32.2. The Morgan fingerprint density at radius 2 is 0.933 bits per heavy atom. The first kappa shape index (κ1) is 27.8. The molecule has 0 saturated heterocycles. The van der Waals surface area contributed by atoms with Crippen LogP contribution in [0.1, 0.15) is 27.7 Å². The molecular formula is C18H30N4O6S2. The van der Waals surface area contributed by atoms with Gasteiger partial charge in [0.1, 0.15) is 20.2 Å². The highest BCUT2D eigenvalue weighted by Gasteiger charge is 2.17. The predicted octanol–water partition coefficient (Wildman–Crippen LogP) is -0.400. The molecule has 2 rings (SSSR count). The van der Waals surface area contributed by atoms with Crippen molar-refractivity contribution >= 4 is 31.6 Å². The van der Waals surface area contributed by atoms with Gasteiger partial charge in [-0.25, -0.2) is 16.8 Å². The van der Waals surface area contributed by atoms with Gasteiger partial charge in [-0.1, -0.05) is 12.1 Å². The van der Waals surface area contributed by atoms with Crippen molar-refractivity contribution in [3.05, 3.63) is 36.4 Å². The van der Waals surface area contributed by atoms with E-state index >= 15 is 0 Å². The van der Waals surface area contributed by atoms with E-state index in [0.29, 0.717) is 12.1 Å². The minimum absolute atomic E-state index is 0.000139. The van der Waals surface area contributed by atoms with Crippen LogP contribution in [0.15, 0.2) is 46.2 Å². The molecule has 0 aromatic heterocycles. The van der Waals surface area contributed by atoms with Gasteiger partial charge in [0.25, 0.3) is 0 Å². The Hall–Kier alpha value is -2.22. The zero-order chi connectivity index (χ0) is 23.9. The van der Waals surface area contributed by atoms with Crippen LogP contribution in [0, 0.1) is 0 Å². The molecule has 0 fully saturated rings. The van der Waals surface area contributed by atoms with Gasteiger partial charge in [0.2, 0.25) is 0 Å². The maximum atomic E-state index is 11.3. The second-order valence-corrected chi connectivity index (χ2v) is 9.90. The van der Waals surface area contributed by atoms with Crippen molar-refractivity contribution in [2.45, 2.75) is 49.6 Å². The molecule has 0 saturated carbocycles. The summed E-state index contributed by atoms with van der Waals surface area (Å²) in [5.74, 6) is 0. The normalized spacial score (nSPS) is 11.4. The third-order valence-corrected chi connectivity index (χ3v) is 4.59. The smallest absolute Gasteiger partial charge is 0.125 e. The summed E-state index contributed by atoms with van der Waals surface area (Å²) in [4.78, 5) is -1.44. The lowest BCUT2D eigenvalue weighted by Crippen LogP contribution is -2.57. The van der Waals surface area contributed by atoms with E-state index in [-0.39, 0.29) is 22.5 Å². The maximum absolute atomic E-state index is 11.3. The molecule has 10 N–H and O–H groups in total. The zero-order valence-electron chi connectivity index (χ0n) is 17.5. The largest absolute Gasteiger partial charge is 0.744 e. The van der Waals surface area contributed by atoms with E-state index in [0.717, 1.165) is 24.3 Å². The average molecular weight is 463 g/mol. The first-order valence-corrected chi connectivity index (χ1v) is 11.7. The Bertz CT molecular complexity index is 961. The highest BCUT2D eigenvalue weighted by molar-refractivity contribution is 7.86. The third-order valence-electron chi connectivity index (χ3n) is 2.84. The van der Waals surface area contributed by atoms with Crippen molar-refractivity contribution in [2.24, 2.45) is 0 Å². The lowest BCUT2D eigenvalue weighted by molar-refractivity contribution is -0.408. The average Bonchev–Trinajstić information content (AvgIpc) is 2.52. The van der Waals surface area contributed by atoms with E-state index in [1.807, 2.05) is 0 Å². The van der Waals surface area contributed by atoms with Crippen LogP contribution in [0.3, 0.4) is 0 Å². The molecule has 12 heteroatoms. The molecule has 0 aliphatic carbocycles. The Labute approximate surface area is 177 Å². The summed E-state index contributed by atoms with van der Waals surface area (Å²) in [6, 6.07) is 7.83. The Kier molecular flexibility index (Phi) is 10.4. The van der Waals surface area contributed by atoms with Crippen LogP contribution in [0.4, 0.5) is 11.4 Å². The van der Waals surface area contributed by atoms with Crippen LogP contribution in [-0.2, 0) is 20.2 Å². The summed E-state index contributed by atoms with van der Waals surface area (Å²) in [7, 11) is -9.87. The zero-order valence-corrected chi connectivity index (χ0v) is 19.1. The summed E-state index contributed by atoms with van der Waals surface area (Å²) in [6.45, 7) is 8.22. The van der Waals surface area contributed by atoms with Gasteiger partial charge < -0.3 is 32.0 Å². The molecule has 0 atom stereocenters. The lowest BCUT2D eigenvalue weighted by Gasteiger charge is -2.18. The van der Waals surface area contributed by atoms with Crippen molar-refractivity contribution in [1.82, 2.24) is 0 Å². The first-order chi connectivity index (χ1) is 13.5. The summed E-state index contributed by atoms with van der Waals surface area (Å²) in [6.07, 6.45) is 0. The number of hydrogen-bond donors (Lipinski definition) is 4. The standard InChI is InChI=1S/C12H12N2O6S2.2C3H9N/c13-7-1-3-9(11(5-7)21(15,16)17)10-4-2-8(14)6-12(10)22(18,19)20;2*1-3(2)4/h1-6H,13-14H2,(H,15,16,17)(H,18,19,20);2*3H,4H2,1-2H3. The van der Waals surface area contributed by atoms with E-state index in [2.05, 4.69) is 39.2 Å². The lowest BCUT2D eigenvalue weighted by atomic mass is 10.0. The van der Waals surface area contributed by atoms with Crippen molar-refractivity contribution in [1.29, 1.82) is 0 Å². The predicted molar refractivity (Wildman–Crippen MR) is 113 cm³/mol. The molecular weight excluding hydrogens is 432 g/mol. The second-order valence-electron chi connectivity index (χ2n) is 7.21. The minimum atomic E-state index is -4.93. The van der Waals surface area contributed by atoms with Gasteiger partial charge in [-0.2, -0.15) is 0 Å². The molecule has 0 aliphatic rings. The van der Waals surface area contributed by atoms with Crippen LogP contribution >= 0.6 is 0 Å². The number of rotatable bonds is 3. The van der Waals surface area contributed by atoms with Gasteiger partial charge in [0.05, 0.1) is 21.9 Å². The summed E-state index contributed by atoms with van der Waals surface area (Å²) < 4.78 is 68.1. The maximum Gasteiger partial charge on any atom is 0.125 e. The van der Waals surface area contributed by atoms with Crippen LogP contribution in [0.2, 0.25) is 0 Å². The molecule has 0 spiro atoms. The third kappa shape index (κ3) is 10.0. The van der Waals surface area contributed by atoms with Crippen LogP contribution in [0.5, 0.6) is 0 Å². The fraction of sp³-hybridized carbons (Fsp3) is 0.333. The molecule has 0 radical (unpaired) electrons. The molecule has 10 nitrogen and oxygen atoms in total. The van der Waals surface area contributed by atoms with Crippen LogP contribution in [0.25, 0.3) is 11.1 Å². The summed E-state index contributed by atoms with van der Waals surface area (Å²) in [5.41, 5.74) is 17.7. The molecule has 2 aromatic rings. The van der Waals surface area contributed by atoms with Crippen molar-refractivity contribution < 1.29 is 37.4 Å². The number of nitrogens with two attached hydrogens (primary N) is 2. The molecule has 2 aromatic carbocycles. The molecule has 0 heterocycles. The van der Waals surface area contributed by atoms with E-state index in [1.165, 1.54) is 12.1 Å². The van der Waals surface area contributed by atoms with Crippen molar-refractivity contribution in [2.75, 3.05) is 11.5 Å². The Balaban J connectivity index is 0.000000901. The SMILES string of the molecule is CC(C)[NH3+].CC(C)[NH3+].Nc1ccc(-c2ccc(N)cc2S(=O)(=O)[O-])c(S(=O)(=O)[O-])c1. The van der Waals surface area contributed by atoms with Crippen LogP contribution < -0.4 is 22.9 Å². The van der Waals surface area contributed by atoms with Gasteiger partial charge in [-0.05, 0) is 52.0 Å². The van der Waals surface area contributed by atoms with E-state index in [9.17, 15) is 25.9 Å². The Morgan fingerprint density at radius 1 is 0.700 bits per heavy atom. The number of benzene rings is 2. The van der Waals surface area contributed by atoms with Gasteiger partial charge in [0, 0.05) is 22.5 Å². The molecule has 0 aliphatic heterocycles. The van der Waals surface area contributed by atoms with Crippen LogP contribution in [-0.4, -0.2) is 38.0 Å². The van der Waals surface area contributed by atoms with E-state index in [4.69, 9.17) is 11.5 Å². The van der Waals surface area contributed by atoms with Gasteiger partial charge >= 0.3 is 0 Å². The Morgan fingerprint density at radius 3 is 1.13 bits per heavy atom. The van der Waals surface area contributed by atoms with Crippen molar-refractivity contribution in [3.63, 3.8) is 0 Å². The van der Waals surface area contributed by atoms with Crippen molar-refractivity contribution in [3.8, 4) is 11.1 Å². The molecule has 30 heavy (non-hydrogen) atoms. The fourth-order valence-electron chi connectivity index (χ4n) is 1.94. The number of nitrogen functional groups attached to an aromatic ring is 2. The molecule has 0 unspecified atom stereocenters. The fourth-order valence-corrected chi connectivity index (χ4v) is 3.39. The number of anilines is 2. The number of hydrogen-bond acceptors (Lipinski definition) is 8. The quantitative estimate of drug-likeness (QED) is 0.346. The monoisotopic (exact) mass is 462 g/mol. The number of quaternary nitrogens is 2. The van der Waals surface area contributed by atoms with Gasteiger partial charge in [0.15, 0.2) is 0 Å². The highest BCUT2D eigenvalue weighted by Crippen LogP contribution is 2.34. The van der Waals surface area contributed by atoms with Gasteiger partial charge in [-0.15, -0.1) is 0 Å². The van der Waals surface area contributed by atoms with Gasteiger partial charge in [-0.3, -0.25) is 0 Å². The minimum Gasteiger partial charge on any atom is -0.744 e. The second kappa shape index (κ2) is 11.2. The van der Waals surface area contributed by atoms with E-state index in [1.54, 1.807) is 0 Å². The topological polar surface area (TPSA) is 222 Å².